The van der Waals surface area contributed by atoms with Gasteiger partial charge in [0.1, 0.15) is 10.7 Å². The zero-order valence-corrected chi connectivity index (χ0v) is 14.8. The molecular formula is C13H21BrFN3O2S. The van der Waals surface area contributed by atoms with Gasteiger partial charge in [0.25, 0.3) is 0 Å². The summed E-state index contributed by atoms with van der Waals surface area (Å²) >= 11 is 3.19. The lowest BCUT2D eigenvalue weighted by molar-refractivity contribution is 0.369. The van der Waals surface area contributed by atoms with Gasteiger partial charge in [0.05, 0.1) is 0 Å². The third-order valence-corrected chi connectivity index (χ3v) is 5.38. The standard InChI is InChI=1S/C13H21BrFN3O2S/c1-17(2)5-4-6-18(3)21(19,20)12-8-11(14)7-10(9-16)13(12)15/h7-8H,4-6,9,16H2,1-3H3. The summed E-state index contributed by atoms with van der Waals surface area (Å²) in [5, 5.41) is 0. The number of nitrogens with two attached hydrogens (primary N) is 1. The van der Waals surface area contributed by atoms with E-state index in [0.717, 1.165) is 6.54 Å². The van der Waals surface area contributed by atoms with Crippen LogP contribution < -0.4 is 5.73 Å². The first kappa shape index (κ1) is 18.5. The minimum Gasteiger partial charge on any atom is -0.326 e. The van der Waals surface area contributed by atoms with Crippen LogP contribution >= 0.6 is 15.9 Å². The molecule has 0 heterocycles. The van der Waals surface area contributed by atoms with E-state index in [0.29, 0.717) is 17.4 Å². The maximum atomic E-state index is 14.2. The van der Waals surface area contributed by atoms with Crippen molar-refractivity contribution in [3.63, 3.8) is 0 Å². The highest BCUT2D eigenvalue weighted by Crippen LogP contribution is 2.26. The van der Waals surface area contributed by atoms with Crippen LogP contribution in [0.2, 0.25) is 0 Å². The fourth-order valence-corrected chi connectivity index (χ4v) is 3.85. The molecule has 120 valence electrons. The quantitative estimate of drug-likeness (QED) is 0.778. The fourth-order valence-electron chi connectivity index (χ4n) is 1.85. The molecular weight excluding hydrogens is 361 g/mol. The first-order valence-electron chi connectivity index (χ1n) is 6.49. The predicted molar refractivity (Wildman–Crippen MR) is 85.0 cm³/mol. The Morgan fingerprint density at radius 1 is 1.24 bits per heavy atom. The summed E-state index contributed by atoms with van der Waals surface area (Å²) in [5.74, 6) is -0.778. The minimum absolute atomic E-state index is 0.0574. The van der Waals surface area contributed by atoms with E-state index in [2.05, 4.69) is 15.9 Å². The summed E-state index contributed by atoms with van der Waals surface area (Å²) in [6, 6.07) is 2.76. The van der Waals surface area contributed by atoms with Crippen LogP contribution in [0.15, 0.2) is 21.5 Å². The topological polar surface area (TPSA) is 66.6 Å². The zero-order chi connectivity index (χ0) is 16.2. The van der Waals surface area contributed by atoms with Gasteiger partial charge in [0, 0.05) is 30.2 Å². The SMILES string of the molecule is CN(C)CCCN(C)S(=O)(=O)c1cc(Br)cc(CN)c1F. The smallest absolute Gasteiger partial charge is 0.245 e. The number of nitrogens with zero attached hydrogens (tertiary/aromatic N) is 2. The highest BCUT2D eigenvalue weighted by Gasteiger charge is 2.26. The summed E-state index contributed by atoms with van der Waals surface area (Å²) in [6.07, 6.45) is 0.669. The second-order valence-electron chi connectivity index (χ2n) is 5.06. The van der Waals surface area contributed by atoms with Crippen LogP contribution in [-0.4, -0.2) is 51.9 Å². The van der Waals surface area contributed by atoms with Crippen molar-refractivity contribution in [2.24, 2.45) is 5.73 Å². The van der Waals surface area contributed by atoms with E-state index in [9.17, 15) is 12.8 Å². The number of hydrogen-bond acceptors (Lipinski definition) is 4. The second kappa shape index (κ2) is 7.64. The molecule has 1 aromatic rings. The van der Waals surface area contributed by atoms with Crippen LogP contribution in [-0.2, 0) is 16.6 Å². The average Bonchev–Trinajstić information content (AvgIpc) is 2.40. The number of benzene rings is 1. The minimum atomic E-state index is -3.87. The van der Waals surface area contributed by atoms with E-state index >= 15 is 0 Å². The molecule has 0 fully saturated rings. The van der Waals surface area contributed by atoms with E-state index in [-0.39, 0.29) is 17.0 Å². The molecule has 0 aliphatic carbocycles. The number of rotatable bonds is 7. The summed E-state index contributed by atoms with van der Waals surface area (Å²) in [7, 11) is 1.41. The van der Waals surface area contributed by atoms with Gasteiger partial charge >= 0.3 is 0 Å². The highest BCUT2D eigenvalue weighted by molar-refractivity contribution is 9.10. The van der Waals surface area contributed by atoms with Crippen LogP contribution in [0.4, 0.5) is 4.39 Å². The Hall–Kier alpha value is -0.540. The van der Waals surface area contributed by atoms with Crippen molar-refractivity contribution >= 4 is 26.0 Å². The van der Waals surface area contributed by atoms with Crippen molar-refractivity contribution in [1.82, 2.24) is 9.21 Å². The number of halogens is 2. The van der Waals surface area contributed by atoms with Gasteiger partial charge in [-0.05, 0) is 39.2 Å². The van der Waals surface area contributed by atoms with Crippen molar-refractivity contribution < 1.29 is 12.8 Å². The van der Waals surface area contributed by atoms with E-state index in [1.54, 1.807) is 0 Å². The van der Waals surface area contributed by atoms with Gasteiger partial charge in [0.15, 0.2) is 0 Å². The molecule has 0 aliphatic rings. The molecule has 0 saturated carbocycles. The average molecular weight is 382 g/mol. The van der Waals surface area contributed by atoms with Gasteiger partial charge in [-0.25, -0.2) is 17.1 Å². The molecule has 0 aromatic heterocycles. The van der Waals surface area contributed by atoms with Crippen LogP contribution in [0.3, 0.4) is 0 Å². The lowest BCUT2D eigenvalue weighted by Gasteiger charge is -2.19. The summed E-state index contributed by atoms with van der Waals surface area (Å²) in [6.45, 7) is 1.03. The maximum Gasteiger partial charge on any atom is 0.245 e. The van der Waals surface area contributed by atoms with Crippen molar-refractivity contribution in [2.75, 3.05) is 34.2 Å². The van der Waals surface area contributed by atoms with Gasteiger partial charge in [0.2, 0.25) is 10.0 Å². The fraction of sp³-hybridized carbons (Fsp3) is 0.538. The number of hydrogen-bond donors (Lipinski definition) is 1. The molecule has 0 radical (unpaired) electrons. The molecule has 1 rings (SSSR count). The second-order valence-corrected chi connectivity index (χ2v) is 7.99. The van der Waals surface area contributed by atoms with Crippen molar-refractivity contribution in [1.29, 1.82) is 0 Å². The Balaban J connectivity index is 3.05. The predicted octanol–water partition coefficient (Wildman–Crippen LogP) is 1.62. The molecule has 0 atom stereocenters. The van der Waals surface area contributed by atoms with Gasteiger partial charge in [-0.1, -0.05) is 15.9 Å². The lowest BCUT2D eigenvalue weighted by atomic mass is 10.2. The Morgan fingerprint density at radius 2 is 1.86 bits per heavy atom. The summed E-state index contributed by atoms with van der Waals surface area (Å²) in [4.78, 5) is 1.62. The molecule has 0 unspecified atom stereocenters. The molecule has 8 heteroatoms. The van der Waals surface area contributed by atoms with E-state index in [1.807, 2.05) is 19.0 Å². The Labute approximate surface area is 134 Å². The molecule has 0 spiro atoms. The largest absolute Gasteiger partial charge is 0.326 e. The van der Waals surface area contributed by atoms with Crippen LogP contribution in [0, 0.1) is 5.82 Å². The van der Waals surface area contributed by atoms with E-state index in [4.69, 9.17) is 5.73 Å². The van der Waals surface area contributed by atoms with Crippen molar-refractivity contribution in [2.45, 2.75) is 17.9 Å². The lowest BCUT2D eigenvalue weighted by Crippen LogP contribution is -2.30. The van der Waals surface area contributed by atoms with Gasteiger partial charge in [-0.3, -0.25) is 0 Å². The van der Waals surface area contributed by atoms with Gasteiger partial charge in [-0.15, -0.1) is 0 Å². The third kappa shape index (κ3) is 4.72. The van der Waals surface area contributed by atoms with Gasteiger partial charge < -0.3 is 10.6 Å². The Morgan fingerprint density at radius 3 is 2.38 bits per heavy atom. The molecule has 21 heavy (non-hydrogen) atoms. The van der Waals surface area contributed by atoms with Crippen molar-refractivity contribution in [3.8, 4) is 0 Å². The molecule has 0 bridgehead atoms. The molecule has 0 amide bonds. The first-order chi connectivity index (χ1) is 9.70. The highest BCUT2D eigenvalue weighted by atomic mass is 79.9. The first-order valence-corrected chi connectivity index (χ1v) is 8.72. The normalized spacial score (nSPS) is 12.4. The summed E-state index contributed by atoms with van der Waals surface area (Å²) in [5.41, 5.74) is 5.62. The summed E-state index contributed by atoms with van der Waals surface area (Å²) < 4.78 is 40.8. The molecule has 0 saturated heterocycles. The zero-order valence-electron chi connectivity index (χ0n) is 12.4. The van der Waals surface area contributed by atoms with E-state index < -0.39 is 15.8 Å². The van der Waals surface area contributed by atoms with Crippen LogP contribution in [0.5, 0.6) is 0 Å². The molecule has 2 N–H and O–H groups in total. The number of sulfonamides is 1. The Bertz CT molecular complexity index is 593. The van der Waals surface area contributed by atoms with Crippen LogP contribution in [0.25, 0.3) is 0 Å². The molecule has 1 aromatic carbocycles. The van der Waals surface area contributed by atoms with Gasteiger partial charge in [-0.2, -0.15) is 0 Å². The van der Waals surface area contributed by atoms with Crippen LogP contribution in [0.1, 0.15) is 12.0 Å². The monoisotopic (exact) mass is 381 g/mol. The van der Waals surface area contributed by atoms with Crippen molar-refractivity contribution in [3.05, 3.63) is 28.0 Å². The molecule has 0 aliphatic heterocycles. The Kier molecular flexibility index (Phi) is 6.73. The molecule has 5 nitrogen and oxygen atoms in total. The van der Waals surface area contributed by atoms with E-state index in [1.165, 1.54) is 23.5 Å². The maximum absolute atomic E-state index is 14.2. The third-order valence-electron chi connectivity index (χ3n) is 3.07.